The zero-order valence-electron chi connectivity index (χ0n) is 12.4. The molecule has 116 valence electrons. The summed E-state index contributed by atoms with van der Waals surface area (Å²) < 4.78 is 4.46. The number of nitrogens with one attached hydrogen (secondary N) is 1. The van der Waals surface area contributed by atoms with Crippen molar-refractivity contribution in [3.63, 3.8) is 0 Å². The molecular weight excluding hydrogens is 316 g/mol. The van der Waals surface area contributed by atoms with Crippen LogP contribution < -0.4 is 5.32 Å². The van der Waals surface area contributed by atoms with Gasteiger partial charge in [-0.2, -0.15) is 10.4 Å². The second-order valence-corrected chi connectivity index (χ2v) is 5.45. The molecule has 0 bridgehead atoms. The number of esters is 1. The molecule has 0 aliphatic carbocycles. The van der Waals surface area contributed by atoms with Crippen molar-refractivity contribution < 1.29 is 14.3 Å². The summed E-state index contributed by atoms with van der Waals surface area (Å²) in [6, 6.07) is 7.35. The van der Waals surface area contributed by atoms with E-state index in [0.717, 1.165) is 29.0 Å². The minimum absolute atomic E-state index is 0.194. The van der Waals surface area contributed by atoms with Gasteiger partial charge in [-0.3, -0.25) is 10.1 Å². The summed E-state index contributed by atoms with van der Waals surface area (Å²) in [5.41, 5.74) is 2.23. The molecule has 2 rings (SSSR count). The van der Waals surface area contributed by atoms with Crippen molar-refractivity contribution in [1.29, 1.82) is 5.26 Å². The fourth-order valence-electron chi connectivity index (χ4n) is 1.68. The van der Waals surface area contributed by atoms with E-state index in [9.17, 15) is 9.59 Å². The molecule has 0 aromatic heterocycles. The van der Waals surface area contributed by atoms with Gasteiger partial charge in [0, 0.05) is 6.08 Å². The van der Waals surface area contributed by atoms with Gasteiger partial charge in [-0.1, -0.05) is 6.07 Å². The average molecular weight is 328 g/mol. The molecule has 1 aliphatic heterocycles. The van der Waals surface area contributed by atoms with Crippen LogP contribution in [0.1, 0.15) is 16.7 Å². The predicted octanol–water partition coefficient (Wildman–Crippen LogP) is 1.48. The highest BCUT2D eigenvalue weighted by molar-refractivity contribution is 8.18. The van der Waals surface area contributed by atoms with Gasteiger partial charge in [0.15, 0.2) is 5.17 Å². The van der Waals surface area contributed by atoms with Crippen molar-refractivity contribution in [2.75, 3.05) is 7.11 Å². The Labute approximate surface area is 136 Å². The average Bonchev–Trinajstić information content (AvgIpc) is 2.87. The van der Waals surface area contributed by atoms with E-state index in [1.165, 1.54) is 13.3 Å². The van der Waals surface area contributed by atoms with Crippen LogP contribution in [-0.4, -0.2) is 30.4 Å². The molecule has 0 spiro atoms. The maximum Gasteiger partial charge on any atom is 0.331 e. The number of methoxy groups -OCH3 is 1. The van der Waals surface area contributed by atoms with Crippen molar-refractivity contribution in [3.8, 4) is 6.07 Å². The van der Waals surface area contributed by atoms with Gasteiger partial charge in [0.25, 0.3) is 5.91 Å². The van der Waals surface area contributed by atoms with Crippen molar-refractivity contribution in [2.45, 2.75) is 6.92 Å². The lowest BCUT2D eigenvalue weighted by Gasteiger charge is -1.97. The van der Waals surface area contributed by atoms with E-state index in [-0.39, 0.29) is 10.1 Å². The summed E-state index contributed by atoms with van der Waals surface area (Å²) in [7, 11) is 1.23. The Balaban J connectivity index is 2.08. The van der Waals surface area contributed by atoms with Gasteiger partial charge in [-0.15, -0.1) is 5.10 Å². The number of rotatable bonds is 3. The molecule has 0 atom stereocenters. The minimum Gasteiger partial charge on any atom is -0.466 e. The highest BCUT2D eigenvalue weighted by atomic mass is 32.2. The van der Waals surface area contributed by atoms with E-state index >= 15 is 0 Å². The first kappa shape index (κ1) is 16.5. The quantitative estimate of drug-likeness (QED) is 0.392. The zero-order chi connectivity index (χ0) is 16.8. The van der Waals surface area contributed by atoms with Crippen molar-refractivity contribution in [1.82, 2.24) is 5.32 Å². The molecule has 8 heteroatoms. The highest BCUT2D eigenvalue weighted by Gasteiger charge is 2.24. The van der Waals surface area contributed by atoms with E-state index in [2.05, 4.69) is 26.3 Å². The lowest BCUT2D eigenvalue weighted by molar-refractivity contribution is -0.135. The Kier molecular flexibility index (Phi) is 5.28. The fourth-order valence-corrected chi connectivity index (χ4v) is 2.42. The first-order chi connectivity index (χ1) is 11.0. The van der Waals surface area contributed by atoms with Gasteiger partial charge >= 0.3 is 5.97 Å². The SMILES string of the molecule is COC(=O)/C=C1/S/C(=N\N=Cc2ccc(C#N)c(C)c2)NC1=O. The number of nitriles is 1. The van der Waals surface area contributed by atoms with Gasteiger partial charge in [0.2, 0.25) is 0 Å². The van der Waals surface area contributed by atoms with Crippen LogP contribution in [0.3, 0.4) is 0 Å². The van der Waals surface area contributed by atoms with Crippen LogP contribution in [0, 0.1) is 18.3 Å². The number of amides is 1. The Bertz CT molecular complexity index is 790. The molecule has 1 aromatic rings. The van der Waals surface area contributed by atoms with Crippen molar-refractivity contribution in [3.05, 3.63) is 45.9 Å². The summed E-state index contributed by atoms with van der Waals surface area (Å²) in [6.45, 7) is 1.83. The molecule has 1 heterocycles. The van der Waals surface area contributed by atoms with Crippen LogP contribution >= 0.6 is 11.8 Å². The Morgan fingerprint density at radius 3 is 2.91 bits per heavy atom. The molecule has 1 fully saturated rings. The molecule has 23 heavy (non-hydrogen) atoms. The summed E-state index contributed by atoms with van der Waals surface area (Å²) in [6.07, 6.45) is 2.60. The molecule has 7 nitrogen and oxygen atoms in total. The number of aryl methyl sites for hydroxylation is 1. The van der Waals surface area contributed by atoms with E-state index in [1.54, 1.807) is 12.1 Å². The molecular formula is C15H12N4O3S. The van der Waals surface area contributed by atoms with Gasteiger partial charge in [-0.25, -0.2) is 4.79 Å². The van der Waals surface area contributed by atoms with Crippen molar-refractivity contribution in [2.24, 2.45) is 10.2 Å². The number of thioether (sulfide) groups is 1. The largest absolute Gasteiger partial charge is 0.466 e. The van der Waals surface area contributed by atoms with E-state index in [4.69, 9.17) is 5.26 Å². The lowest BCUT2D eigenvalue weighted by atomic mass is 10.1. The highest BCUT2D eigenvalue weighted by Crippen LogP contribution is 2.23. The van der Waals surface area contributed by atoms with E-state index in [1.807, 2.05) is 13.0 Å². The molecule has 1 aliphatic rings. The standard InChI is InChI=1S/C15H12N4O3S/c1-9-5-10(3-4-11(9)7-16)8-17-19-15-18-14(21)12(23-15)6-13(20)22-2/h3-6,8H,1-2H3,(H,18,19,21)/b12-6+,17-8?. The number of carbonyl (C=O) groups is 2. The Morgan fingerprint density at radius 1 is 1.48 bits per heavy atom. The molecule has 1 saturated heterocycles. The zero-order valence-corrected chi connectivity index (χ0v) is 13.2. The van der Waals surface area contributed by atoms with Crippen molar-refractivity contribution >= 4 is 35.0 Å². The van der Waals surface area contributed by atoms with Crippen LogP contribution in [0.15, 0.2) is 39.4 Å². The van der Waals surface area contributed by atoms with E-state index in [0.29, 0.717) is 5.56 Å². The lowest BCUT2D eigenvalue weighted by Crippen LogP contribution is -2.19. The summed E-state index contributed by atoms with van der Waals surface area (Å²) in [5.74, 6) is -1.04. The number of ether oxygens (including phenoxy) is 1. The number of hydrogen-bond donors (Lipinski definition) is 1. The third-order valence-electron chi connectivity index (χ3n) is 2.83. The number of amidine groups is 1. The minimum atomic E-state index is -0.611. The Morgan fingerprint density at radius 2 is 2.26 bits per heavy atom. The third kappa shape index (κ3) is 4.28. The number of nitrogens with zero attached hydrogens (tertiary/aromatic N) is 3. The molecule has 1 amide bonds. The summed E-state index contributed by atoms with van der Waals surface area (Å²) in [5, 5.41) is 19.4. The first-order valence-electron chi connectivity index (χ1n) is 6.44. The monoisotopic (exact) mass is 328 g/mol. The summed E-state index contributed by atoms with van der Waals surface area (Å²) >= 11 is 1.000. The number of carbonyl (C=O) groups excluding carboxylic acids is 2. The maximum absolute atomic E-state index is 11.6. The number of benzene rings is 1. The first-order valence-corrected chi connectivity index (χ1v) is 7.25. The molecule has 0 saturated carbocycles. The van der Waals surface area contributed by atoms with Crippen LogP contribution in [0.4, 0.5) is 0 Å². The molecule has 0 radical (unpaired) electrons. The van der Waals surface area contributed by atoms with Crippen LogP contribution in [0.2, 0.25) is 0 Å². The third-order valence-corrected chi connectivity index (χ3v) is 3.73. The van der Waals surface area contributed by atoms with Crippen LogP contribution in [0.25, 0.3) is 0 Å². The normalized spacial score (nSPS) is 17.5. The maximum atomic E-state index is 11.6. The Hall–Kier alpha value is -2.92. The second-order valence-electron chi connectivity index (χ2n) is 4.42. The fraction of sp³-hybridized carbons (Fsp3) is 0.133. The van der Waals surface area contributed by atoms with E-state index < -0.39 is 11.9 Å². The van der Waals surface area contributed by atoms with Gasteiger partial charge in [0.1, 0.15) is 0 Å². The van der Waals surface area contributed by atoms with Crippen LogP contribution in [-0.2, 0) is 14.3 Å². The van der Waals surface area contributed by atoms with Gasteiger partial charge < -0.3 is 4.74 Å². The van der Waals surface area contributed by atoms with Gasteiger partial charge in [-0.05, 0) is 41.9 Å². The summed E-state index contributed by atoms with van der Waals surface area (Å²) in [4.78, 5) is 22.9. The predicted molar refractivity (Wildman–Crippen MR) is 86.8 cm³/mol. The molecule has 1 aromatic carbocycles. The second kappa shape index (κ2) is 7.38. The molecule has 0 unspecified atom stereocenters. The topological polar surface area (TPSA) is 104 Å². The van der Waals surface area contributed by atoms with Gasteiger partial charge in [0.05, 0.1) is 29.9 Å². The molecule has 1 N–H and O–H groups in total. The van der Waals surface area contributed by atoms with Crippen LogP contribution in [0.5, 0.6) is 0 Å². The smallest absolute Gasteiger partial charge is 0.331 e. The number of hydrogen-bond acceptors (Lipinski definition) is 7.